The highest BCUT2D eigenvalue weighted by atomic mass is 127. The van der Waals surface area contributed by atoms with E-state index in [9.17, 15) is 0 Å². The Morgan fingerprint density at radius 1 is 0.900 bits per heavy atom. The van der Waals surface area contributed by atoms with Gasteiger partial charge in [0.25, 0.3) is 0 Å². The molecule has 0 bridgehead atoms. The van der Waals surface area contributed by atoms with Crippen LogP contribution in [-0.4, -0.2) is 12.6 Å². The van der Waals surface area contributed by atoms with Crippen molar-refractivity contribution in [2.75, 3.05) is 0 Å². The first-order valence-electron chi connectivity index (χ1n) is 8.16. The zero-order valence-electron chi connectivity index (χ0n) is 15.3. The molecule has 0 amide bonds. The lowest BCUT2D eigenvalue weighted by Gasteiger charge is -2.28. The molecule has 0 aromatic heterocycles. The first-order valence-corrected chi connectivity index (χ1v) is 19.1. The van der Waals surface area contributed by atoms with Crippen molar-refractivity contribution in [2.45, 2.75) is 103 Å². The van der Waals surface area contributed by atoms with E-state index in [-0.39, 0.29) is 0 Å². The number of hydrogen-bond acceptors (Lipinski definition) is 0. The van der Waals surface area contributed by atoms with E-state index in [1.807, 2.05) is 0 Å². The van der Waals surface area contributed by atoms with E-state index in [1.54, 1.807) is 0 Å². The summed E-state index contributed by atoms with van der Waals surface area (Å²) in [4.78, 5) is 0. The van der Waals surface area contributed by atoms with Gasteiger partial charge in [0.15, 0.2) is 0 Å². The van der Waals surface area contributed by atoms with Gasteiger partial charge in [0, 0.05) is 0 Å². The van der Waals surface area contributed by atoms with Gasteiger partial charge in [-0.1, -0.05) is 87.6 Å². The summed E-state index contributed by atoms with van der Waals surface area (Å²) in [5.74, 6) is 0. The quantitative estimate of drug-likeness (QED) is 0.193. The Morgan fingerprint density at radius 3 is 1.55 bits per heavy atom. The maximum absolute atomic E-state index is 2.71. The van der Waals surface area contributed by atoms with Crippen molar-refractivity contribution in [2.24, 2.45) is 0 Å². The fourth-order valence-corrected chi connectivity index (χ4v) is 8.48. The molecule has 4 heteroatoms. The van der Waals surface area contributed by atoms with Gasteiger partial charge in [0.1, 0.15) is 12.6 Å². The molecule has 0 nitrogen and oxygen atoms in total. The summed E-state index contributed by atoms with van der Waals surface area (Å²) in [5.41, 5.74) is 0.987. The molecule has 0 aliphatic rings. The van der Waals surface area contributed by atoms with E-state index in [2.05, 4.69) is 106 Å². The highest BCUT2D eigenvalue weighted by Gasteiger charge is 2.27. The molecule has 0 aromatic rings. The second-order valence-corrected chi connectivity index (χ2v) is 23.6. The van der Waals surface area contributed by atoms with Gasteiger partial charge in [-0.05, 0) is 15.6 Å². The van der Waals surface area contributed by atoms with Crippen LogP contribution < -0.4 is 0 Å². The summed E-state index contributed by atoms with van der Waals surface area (Å²) in [6.07, 6.45) is 3.21. The molecule has 0 radical (unpaired) electrons. The Balaban J connectivity index is 0. The van der Waals surface area contributed by atoms with Crippen molar-refractivity contribution in [3.63, 3.8) is 0 Å². The van der Waals surface area contributed by atoms with Gasteiger partial charge in [-0.25, -0.2) is 0 Å². The minimum absolute atomic E-state index is 0.438. The molecule has 0 N–H and O–H groups in total. The van der Waals surface area contributed by atoms with Crippen molar-refractivity contribution in [1.29, 1.82) is 0 Å². The lowest BCUT2D eigenvalue weighted by molar-refractivity contribution is 0.716. The van der Waals surface area contributed by atoms with Crippen molar-refractivity contribution >= 4 is 56.2 Å². The Kier molecular flexibility index (Phi) is 13.8. The molecular formula is C16H38I2Si2. The Hall–Kier alpha value is 1.89. The first kappa shape index (κ1) is 24.2. The Bertz CT molecular complexity index is 232. The van der Waals surface area contributed by atoms with Crippen LogP contribution in [0.2, 0.25) is 21.7 Å². The van der Waals surface area contributed by atoms with E-state index in [0.29, 0.717) is 10.1 Å². The predicted molar refractivity (Wildman–Crippen MR) is 121 cm³/mol. The average Bonchev–Trinajstić information content (AvgIpc) is 2.32. The van der Waals surface area contributed by atoms with Gasteiger partial charge in [-0.2, -0.15) is 0 Å². The maximum atomic E-state index is 2.71. The summed E-state index contributed by atoms with van der Waals surface area (Å²) in [6, 6.07) is 1.51. The van der Waals surface area contributed by atoms with Crippen LogP contribution >= 0.6 is 43.6 Å². The summed E-state index contributed by atoms with van der Waals surface area (Å²) < 4.78 is 0. The molecule has 3 unspecified atom stereocenters. The minimum Gasteiger partial charge on any atom is -0.123 e. The molecular weight excluding hydrogens is 502 g/mol. The molecule has 0 saturated heterocycles. The Labute approximate surface area is 158 Å². The van der Waals surface area contributed by atoms with E-state index in [1.165, 1.54) is 25.3 Å². The molecule has 0 fully saturated rings. The minimum atomic E-state index is -0.515. The van der Waals surface area contributed by atoms with E-state index < -0.39 is 12.6 Å². The van der Waals surface area contributed by atoms with Crippen molar-refractivity contribution in [3.05, 3.63) is 0 Å². The molecule has 0 heterocycles. The normalized spacial score (nSPS) is 16.9. The van der Waals surface area contributed by atoms with E-state index in [0.717, 1.165) is 5.54 Å². The monoisotopic (exact) mass is 540 g/mol. The van der Waals surface area contributed by atoms with E-state index >= 15 is 0 Å². The highest BCUT2D eigenvalue weighted by Crippen LogP contribution is 2.38. The van der Waals surface area contributed by atoms with Gasteiger partial charge in [0.05, 0.1) is 0 Å². The molecule has 3 atom stereocenters. The molecule has 20 heavy (non-hydrogen) atoms. The summed E-state index contributed by atoms with van der Waals surface area (Å²) >= 11 is 5.42. The van der Waals surface area contributed by atoms with Crippen molar-refractivity contribution in [1.82, 2.24) is 0 Å². The number of hydrogen-bond donors (Lipinski definition) is 0. The zero-order chi connectivity index (χ0) is 16.6. The molecule has 0 aliphatic heterocycles. The van der Waals surface area contributed by atoms with Crippen LogP contribution in [0.3, 0.4) is 0 Å². The van der Waals surface area contributed by atoms with Crippen LogP contribution in [0, 0.1) is 0 Å². The smallest absolute Gasteiger partial charge is 0.118 e. The predicted octanol–water partition coefficient (Wildman–Crippen LogP) is 7.49. The second kappa shape index (κ2) is 11.4. The van der Waals surface area contributed by atoms with E-state index in [4.69, 9.17) is 0 Å². The Morgan fingerprint density at radius 2 is 1.35 bits per heavy atom. The standard InChI is InChI=1S/2C8H19ISi/c1-6-7(2)10(9)8(3,4)5;1-5-6-7-10(9)8(2,3)4/h7,10H,6H2,1-5H3;10H,5-7H2,1-4H3. The van der Waals surface area contributed by atoms with Gasteiger partial charge >= 0.3 is 0 Å². The third-order valence-corrected chi connectivity index (χ3v) is 26.4. The molecule has 0 aromatic carbocycles. The molecule has 124 valence electrons. The molecule has 0 rings (SSSR count). The average molecular weight is 540 g/mol. The van der Waals surface area contributed by atoms with Gasteiger partial charge < -0.3 is 0 Å². The van der Waals surface area contributed by atoms with Gasteiger partial charge in [-0.3, -0.25) is 0 Å². The fourth-order valence-electron chi connectivity index (χ4n) is 1.88. The fraction of sp³-hybridized carbons (Fsp3) is 1.00. The number of unbranched alkanes of at least 4 members (excludes halogenated alkanes) is 1. The zero-order valence-corrected chi connectivity index (χ0v) is 21.9. The first-order chi connectivity index (χ1) is 8.87. The topological polar surface area (TPSA) is 0 Å². The van der Waals surface area contributed by atoms with Crippen LogP contribution in [0.15, 0.2) is 0 Å². The van der Waals surface area contributed by atoms with Crippen LogP contribution in [0.4, 0.5) is 0 Å². The lowest BCUT2D eigenvalue weighted by Crippen LogP contribution is -2.22. The van der Waals surface area contributed by atoms with Crippen LogP contribution in [0.25, 0.3) is 0 Å². The SMILES string of the molecule is CCC(C)[SiH](I)C(C)(C)C.CCCC[SiH](I)C(C)(C)C. The molecule has 0 aliphatic carbocycles. The number of rotatable bonds is 5. The maximum Gasteiger partial charge on any atom is 0.118 e. The van der Waals surface area contributed by atoms with Crippen LogP contribution in [0.1, 0.15) is 81.6 Å². The lowest BCUT2D eigenvalue weighted by atomic mass is 10.2. The largest absolute Gasteiger partial charge is 0.123 e. The van der Waals surface area contributed by atoms with Gasteiger partial charge in [-0.15, -0.1) is 43.6 Å². The second-order valence-electron chi connectivity index (χ2n) is 8.13. The molecule has 0 saturated carbocycles. The summed E-state index contributed by atoms with van der Waals surface area (Å²) in [6.45, 7) is 21.3. The molecule has 0 spiro atoms. The highest BCUT2D eigenvalue weighted by molar-refractivity contribution is 14.1. The van der Waals surface area contributed by atoms with Crippen molar-refractivity contribution in [3.8, 4) is 0 Å². The summed E-state index contributed by atoms with van der Waals surface area (Å²) in [5, 5.41) is 1.24. The third-order valence-electron chi connectivity index (χ3n) is 3.72. The van der Waals surface area contributed by atoms with Crippen LogP contribution in [0.5, 0.6) is 0 Å². The third kappa shape index (κ3) is 12.4. The van der Waals surface area contributed by atoms with Crippen molar-refractivity contribution < 1.29 is 0 Å². The van der Waals surface area contributed by atoms with Crippen LogP contribution in [-0.2, 0) is 0 Å². The summed E-state index contributed by atoms with van der Waals surface area (Å²) in [7, 11) is 0. The van der Waals surface area contributed by atoms with Gasteiger partial charge in [0.2, 0.25) is 0 Å². The number of halogens is 2.